The summed E-state index contributed by atoms with van der Waals surface area (Å²) in [6.45, 7) is 2.65. The highest BCUT2D eigenvalue weighted by Gasteiger charge is 2.30. The first-order valence-electron chi connectivity index (χ1n) is 6.57. The van der Waals surface area contributed by atoms with Gasteiger partial charge in [-0.3, -0.25) is 4.21 Å². The van der Waals surface area contributed by atoms with Crippen molar-refractivity contribution in [3.8, 4) is 5.69 Å². The Labute approximate surface area is 119 Å². The van der Waals surface area contributed by atoms with Gasteiger partial charge in [0, 0.05) is 17.4 Å². The summed E-state index contributed by atoms with van der Waals surface area (Å²) in [7, 11) is -1.03. The van der Waals surface area contributed by atoms with E-state index < -0.39 is 10.8 Å². The van der Waals surface area contributed by atoms with Gasteiger partial charge in [-0.1, -0.05) is 18.2 Å². The third-order valence-electron chi connectivity index (χ3n) is 3.45. The Kier molecular flexibility index (Phi) is 3.88. The van der Waals surface area contributed by atoms with E-state index in [9.17, 15) is 4.21 Å². The van der Waals surface area contributed by atoms with Gasteiger partial charge in [-0.15, -0.1) is 5.10 Å². The van der Waals surface area contributed by atoms with Crippen LogP contribution in [-0.4, -0.2) is 42.4 Å². The normalized spacial score (nSPS) is 23.9. The second-order valence-electron chi connectivity index (χ2n) is 4.77. The molecule has 106 valence electrons. The van der Waals surface area contributed by atoms with E-state index in [4.69, 9.17) is 4.74 Å². The van der Waals surface area contributed by atoms with Gasteiger partial charge in [0.05, 0.1) is 22.8 Å². The van der Waals surface area contributed by atoms with Crippen LogP contribution in [0.1, 0.15) is 19.2 Å². The standard InChI is InChI=1S/C13H16N4O2S/c1-10-12(7-8-19-10)20(18)9-13-14-15-16-17(13)11-5-3-2-4-6-11/h2-6,10,12H,7-9H2,1H3. The van der Waals surface area contributed by atoms with Crippen LogP contribution < -0.4 is 0 Å². The Bertz CT molecular complexity index is 601. The number of rotatable bonds is 4. The van der Waals surface area contributed by atoms with Gasteiger partial charge in [-0.05, 0) is 35.9 Å². The molecule has 1 saturated heterocycles. The first-order valence-corrected chi connectivity index (χ1v) is 7.95. The van der Waals surface area contributed by atoms with Gasteiger partial charge in [0.15, 0.2) is 5.82 Å². The zero-order chi connectivity index (χ0) is 13.9. The SMILES string of the molecule is CC1OCCC1S(=O)Cc1nnnn1-c1ccccc1. The lowest BCUT2D eigenvalue weighted by molar-refractivity contribution is 0.127. The van der Waals surface area contributed by atoms with Crippen LogP contribution in [0.5, 0.6) is 0 Å². The summed E-state index contributed by atoms with van der Waals surface area (Å²) in [5.41, 5.74) is 0.875. The zero-order valence-electron chi connectivity index (χ0n) is 11.2. The Balaban J connectivity index is 1.79. The lowest BCUT2D eigenvalue weighted by Gasteiger charge is -2.13. The molecule has 7 heteroatoms. The maximum Gasteiger partial charge on any atom is 0.169 e. The number of para-hydroxylation sites is 1. The molecule has 1 fully saturated rings. The van der Waals surface area contributed by atoms with Crippen molar-refractivity contribution in [3.63, 3.8) is 0 Å². The molecule has 20 heavy (non-hydrogen) atoms. The van der Waals surface area contributed by atoms with E-state index in [2.05, 4.69) is 15.5 Å². The fraction of sp³-hybridized carbons (Fsp3) is 0.462. The van der Waals surface area contributed by atoms with E-state index in [0.717, 1.165) is 12.1 Å². The molecule has 1 aromatic carbocycles. The average Bonchev–Trinajstić information content (AvgIpc) is 3.08. The van der Waals surface area contributed by atoms with E-state index in [0.29, 0.717) is 18.2 Å². The van der Waals surface area contributed by atoms with Gasteiger partial charge in [0.2, 0.25) is 0 Å². The summed E-state index contributed by atoms with van der Waals surface area (Å²) >= 11 is 0. The Morgan fingerprint density at radius 2 is 2.20 bits per heavy atom. The van der Waals surface area contributed by atoms with Crippen molar-refractivity contribution in [1.82, 2.24) is 20.2 Å². The molecule has 0 radical (unpaired) electrons. The van der Waals surface area contributed by atoms with Gasteiger partial charge in [0.25, 0.3) is 0 Å². The Hall–Kier alpha value is -1.60. The van der Waals surface area contributed by atoms with Crippen molar-refractivity contribution in [2.75, 3.05) is 6.61 Å². The van der Waals surface area contributed by atoms with Crippen molar-refractivity contribution >= 4 is 10.8 Å². The van der Waals surface area contributed by atoms with Crippen molar-refractivity contribution in [1.29, 1.82) is 0 Å². The quantitative estimate of drug-likeness (QED) is 0.843. The van der Waals surface area contributed by atoms with Gasteiger partial charge < -0.3 is 4.74 Å². The first kappa shape index (κ1) is 13.4. The first-order chi connectivity index (χ1) is 9.75. The largest absolute Gasteiger partial charge is 0.377 e. The number of hydrogen-bond donors (Lipinski definition) is 0. The lowest BCUT2D eigenvalue weighted by atomic mass is 10.3. The molecule has 1 aliphatic rings. The Morgan fingerprint density at radius 3 is 2.90 bits per heavy atom. The van der Waals surface area contributed by atoms with E-state index in [-0.39, 0.29) is 11.4 Å². The van der Waals surface area contributed by atoms with Gasteiger partial charge in [-0.2, -0.15) is 4.68 Å². The number of tetrazole rings is 1. The van der Waals surface area contributed by atoms with Gasteiger partial charge in [0.1, 0.15) is 0 Å². The second kappa shape index (κ2) is 5.80. The van der Waals surface area contributed by atoms with Crippen molar-refractivity contribution in [3.05, 3.63) is 36.2 Å². The number of ether oxygens (including phenoxy) is 1. The van der Waals surface area contributed by atoms with Crippen LogP contribution in [0, 0.1) is 0 Å². The van der Waals surface area contributed by atoms with E-state index in [1.807, 2.05) is 37.3 Å². The maximum atomic E-state index is 12.4. The minimum Gasteiger partial charge on any atom is -0.377 e. The number of aromatic nitrogens is 4. The minimum atomic E-state index is -1.03. The number of benzene rings is 1. The van der Waals surface area contributed by atoms with Crippen LogP contribution >= 0.6 is 0 Å². The van der Waals surface area contributed by atoms with Crippen LogP contribution in [0.25, 0.3) is 5.69 Å². The maximum absolute atomic E-state index is 12.4. The van der Waals surface area contributed by atoms with Crippen LogP contribution in [0.15, 0.2) is 30.3 Å². The molecule has 3 unspecified atom stereocenters. The topological polar surface area (TPSA) is 69.9 Å². The van der Waals surface area contributed by atoms with Crippen molar-refractivity contribution in [2.24, 2.45) is 0 Å². The molecular weight excluding hydrogens is 276 g/mol. The summed E-state index contributed by atoms with van der Waals surface area (Å²) in [5.74, 6) is 0.967. The fourth-order valence-electron chi connectivity index (χ4n) is 2.36. The molecular formula is C13H16N4O2S. The lowest BCUT2D eigenvalue weighted by Crippen LogP contribution is -2.25. The third-order valence-corrected chi connectivity index (χ3v) is 5.29. The van der Waals surface area contributed by atoms with E-state index in [1.54, 1.807) is 4.68 Å². The number of hydrogen-bond acceptors (Lipinski definition) is 5. The predicted molar refractivity (Wildman–Crippen MR) is 74.8 cm³/mol. The molecule has 0 amide bonds. The summed E-state index contributed by atoms with van der Waals surface area (Å²) < 4.78 is 19.5. The third kappa shape index (κ3) is 2.64. The Morgan fingerprint density at radius 1 is 1.40 bits per heavy atom. The molecule has 0 bridgehead atoms. The summed E-state index contributed by atoms with van der Waals surface area (Å²) in [5, 5.41) is 11.7. The van der Waals surface area contributed by atoms with Crippen molar-refractivity contribution in [2.45, 2.75) is 30.5 Å². The number of nitrogens with zero attached hydrogens (tertiary/aromatic N) is 4. The summed E-state index contributed by atoms with van der Waals surface area (Å²) in [4.78, 5) is 0. The molecule has 0 spiro atoms. The van der Waals surface area contributed by atoms with E-state index in [1.165, 1.54) is 0 Å². The van der Waals surface area contributed by atoms with Gasteiger partial charge in [-0.25, -0.2) is 0 Å². The molecule has 1 aliphatic heterocycles. The molecule has 6 nitrogen and oxygen atoms in total. The van der Waals surface area contributed by atoms with Crippen molar-refractivity contribution < 1.29 is 8.95 Å². The summed E-state index contributed by atoms with van der Waals surface area (Å²) in [6.07, 6.45) is 0.873. The van der Waals surface area contributed by atoms with Crippen LogP contribution in [0.2, 0.25) is 0 Å². The molecule has 0 saturated carbocycles. The second-order valence-corrected chi connectivity index (χ2v) is 6.43. The van der Waals surface area contributed by atoms with Crippen LogP contribution in [0.4, 0.5) is 0 Å². The molecule has 1 aromatic heterocycles. The molecule has 0 aliphatic carbocycles. The van der Waals surface area contributed by atoms with Gasteiger partial charge >= 0.3 is 0 Å². The highest BCUT2D eigenvalue weighted by molar-refractivity contribution is 7.84. The molecule has 2 aromatic rings. The summed E-state index contributed by atoms with van der Waals surface area (Å²) in [6, 6.07) is 9.62. The van der Waals surface area contributed by atoms with Crippen LogP contribution in [-0.2, 0) is 21.3 Å². The molecule has 3 rings (SSSR count). The van der Waals surface area contributed by atoms with Crippen LogP contribution in [0.3, 0.4) is 0 Å². The van der Waals surface area contributed by atoms with E-state index >= 15 is 0 Å². The highest BCUT2D eigenvalue weighted by Crippen LogP contribution is 2.21. The monoisotopic (exact) mass is 292 g/mol. The zero-order valence-corrected chi connectivity index (χ0v) is 12.0. The smallest absolute Gasteiger partial charge is 0.169 e. The highest BCUT2D eigenvalue weighted by atomic mass is 32.2. The minimum absolute atomic E-state index is 0.0388. The average molecular weight is 292 g/mol. The molecule has 3 atom stereocenters. The predicted octanol–water partition coefficient (Wildman–Crippen LogP) is 1.09. The fourth-order valence-corrected chi connectivity index (χ4v) is 3.87. The molecule has 2 heterocycles. The molecule has 0 N–H and O–H groups in total.